The van der Waals surface area contributed by atoms with Crippen LogP contribution in [0.5, 0.6) is 0 Å². The van der Waals surface area contributed by atoms with Crippen LogP contribution in [-0.4, -0.2) is 17.8 Å². The third kappa shape index (κ3) is 1.36. The Morgan fingerprint density at radius 2 is 2.08 bits per heavy atom. The lowest BCUT2D eigenvalue weighted by molar-refractivity contribution is -0.00701. The summed E-state index contributed by atoms with van der Waals surface area (Å²) in [7, 11) is 0. The minimum atomic E-state index is -0.0000926. The van der Waals surface area contributed by atoms with Gasteiger partial charge in [-0.15, -0.1) is 0 Å². The monoisotopic (exact) mass is 164 g/mol. The van der Waals surface area contributed by atoms with Crippen LogP contribution in [0.25, 0.3) is 0 Å². The molecule has 1 N–H and O–H groups in total. The van der Waals surface area contributed by atoms with E-state index in [2.05, 4.69) is 12.1 Å². The average Bonchev–Trinajstić information content (AvgIpc) is 2.17. The molecule has 64 valence electrons. The third-order valence-electron chi connectivity index (χ3n) is 2.24. The molecule has 2 nitrogen and oxygen atoms in total. The van der Waals surface area contributed by atoms with Gasteiger partial charge in [0.25, 0.3) is 0 Å². The van der Waals surface area contributed by atoms with Gasteiger partial charge in [-0.1, -0.05) is 24.3 Å². The molecule has 12 heavy (non-hydrogen) atoms. The Hall–Kier alpha value is -0.860. The fourth-order valence-corrected chi connectivity index (χ4v) is 1.53. The summed E-state index contributed by atoms with van der Waals surface area (Å²) in [4.78, 5) is 0. The predicted octanol–water partition coefficient (Wildman–Crippen LogP) is 1.12. The van der Waals surface area contributed by atoms with Crippen LogP contribution in [0.15, 0.2) is 24.3 Å². The Labute approximate surface area is 71.8 Å². The third-order valence-corrected chi connectivity index (χ3v) is 2.24. The van der Waals surface area contributed by atoms with E-state index in [4.69, 9.17) is 9.84 Å². The minimum absolute atomic E-state index is 0.0000926. The molecule has 0 spiro atoms. The molecular formula is C10H12O2. The van der Waals surface area contributed by atoms with E-state index >= 15 is 0 Å². The number of aliphatic hydroxyl groups excluding tert-OH is 1. The van der Waals surface area contributed by atoms with Crippen molar-refractivity contribution in [2.45, 2.75) is 19.1 Å². The van der Waals surface area contributed by atoms with Crippen molar-refractivity contribution in [1.29, 1.82) is 0 Å². The van der Waals surface area contributed by atoms with Crippen LogP contribution in [0.3, 0.4) is 0 Å². The highest BCUT2D eigenvalue weighted by Gasteiger charge is 2.16. The summed E-state index contributed by atoms with van der Waals surface area (Å²) in [5, 5.41) is 8.89. The van der Waals surface area contributed by atoms with E-state index in [-0.39, 0.29) is 12.7 Å². The van der Waals surface area contributed by atoms with Crippen molar-refractivity contribution < 1.29 is 9.84 Å². The van der Waals surface area contributed by atoms with Crippen molar-refractivity contribution in [1.82, 2.24) is 0 Å². The first-order valence-electron chi connectivity index (χ1n) is 4.19. The molecule has 1 aromatic carbocycles. The molecule has 0 unspecified atom stereocenters. The standard InChI is InChI=1S/C10H12O2/c11-6-10-5-8-3-1-2-4-9(8)7-12-10/h1-4,10-11H,5-7H2/t10-/m0/s1. The molecule has 0 fully saturated rings. The molecule has 1 aliphatic heterocycles. The summed E-state index contributed by atoms with van der Waals surface area (Å²) in [6, 6.07) is 8.21. The normalized spacial score (nSPS) is 21.9. The molecule has 0 aliphatic carbocycles. The molecule has 1 aliphatic rings. The van der Waals surface area contributed by atoms with E-state index in [1.165, 1.54) is 11.1 Å². The Morgan fingerprint density at radius 1 is 1.33 bits per heavy atom. The maximum absolute atomic E-state index is 8.89. The molecule has 0 aromatic heterocycles. The fraction of sp³-hybridized carbons (Fsp3) is 0.400. The summed E-state index contributed by atoms with van der Waals surface area (Å²) in [6.45, 7) is 0.760. The molecule has 2 rings (SSSR count). The highest BCUT2D eigenvalue weighted by molar-refractivity contribution is 5.28. The number of ether oxygens (including phenoxy) is 1. The van der Waals surface area contributed by atoms with Crippen molar-refractivity contribution in [2.75, 3.05) is 6.61 Å². The summed E-state index contributed by atoms with van der Waals surface area (Å²) in [6.07, 6.45) is 0.840. The van der Waals surface area contributed by atoms with Gasteiger partial charge in [0.2, 0.25) is 0 Å². The van der Waals surface area contributed by atoms with Gasteiger partial charge in [0, 0.05) is 6.42 Å². The first-order chi connectivity index (χ1) is 5.90. The van der Waals surface area contributed by atoms with Crippen LogP contribution in [0, 0.1) is 0 Å². The molecule has 2 heteroatoms. The van der Waals surface area contributed by atoms with Gasteiger partial charge >= 0.3 is 0 Å². The fourth-order valence-electron chi connectivity index (χ4n) is 1.53. The molecule has 0 saturated carbocycles. The highest BCUT2D eigenvalue weighted by atomic mass is 16.5. The summed E-state index contributed by atoms with van der Waals surface area (Å²) >= 11 is 0. The van der Waals surface area contributed by atoms with Gasteiger partial charge < -0.3 is 9.84 Å². The number of fused-ring (bicyclic) bond motifs is 1. The molecule has 1 aromatic rings. The van der Waals surface area contributed by atoms with Gasteiger partial charge in [0.15, 0.2) is 0 Å². The number of aliphatic hydroxyl groups is 1. The van der Waals surface area contributed by atoms with E-state index < -0.39 is 0 Å². The highest BCUT2D eigenvalue weighted by Crippen LogP contribution is 2.19. The van der Waals surface area contributed by atoms with Crippen LogP contribution in [0.4, 0.5) is 0 Å². The predicted molar refractivity (Wildman–Crippen MR) is 45.8 cm³/mol. The van der Waals surface area contributed by atoms with Crippen molar-refractivity contribution in [2.24, 2.45) is 0 Å². The minimum Gasteiger partial charge on any atom is -0.394 e. The van der Waals surface area contributed by atoms with Gasteiger partial charge in [0.05, 0.1) is 19.3 Å². The van der Waals surface area contributed by atoms with Gasteiger partial charge in [-0.2, -0.15) is 0 Å². The van der Waals surface area contributed by atoms with Crippen molar-refractivity contribution in [3.8, 4) is 0 Å². The van der Waals surface area contributed by atoms with Crippen LogP contribution >= 0.6 is 0 Å². The lowest BCUT2D eigenvalue weighted by atomic mass is 10.00. The molecule has 0 bridgehead atoms. The Morgan fingerprint density at radius 3 is 2.83 bits per heavy atom. The number of benzene rings is 1. The Kier molecular flexibility index (Phi) is 2.11. The molecule has 0 amide bonds. The van der Waals surface area contributed by atoms with E-state index in [0.29, 0.717) is 6.61 Å². The van der Waals surface area contributed by atoms with Crippen LogP contribution in [0.1, 0.15) is 11.1 Å². The molecular weight excluding hydrogens is 152 g/mol. The molecule has 1 heterocycles. The summed E-state index contributed by atoms with van der Waals surface area (Å²) < 4.78 is 5.40. The van der Waals surface area contributed by atoms with Gasteiger partial charge in [-0.05, 0) is 11.1 Å². The Bertz CT molecular complexity index is 270. The van der Waals surface area contributed by atoms with E-state index in [1.807, 2.05) is 12.1 Å². The second kappa shape index (κ2) is 3.25. The van der Waals surface area contributed by atoms with Crippen LogP contribution < -0.4 is 0 Å². The number of hydrogen-bond donors (Lipinski definition) is 1. The molecule has 0 radical (unpaired) electrons. The van der Waals surface area contributed by atoms with Crippen molar-refractivity contribution in [3.05, 3.63) is 35.4 Å². The molecule has 1 atom stereocenters. The SMILES string of the molecule is OC[C@@H]1Cc2ccccc2CO1. The zero-order valence-corrected chi connectivity index (χ0v) is 6.86. The van der Waals surface area contributed by atoms with E-state index in [9.17, 15) is 0 Å². The second-order valence-corrected chi connectivity index (χ2v) is 3.09. The summed E-state index contributed by atoms with van der Waals surface area (Å²) in [5.41, 5.74) is 2.56. The smallest absolute Gasteiger partial charge is 0.0850 e. The lowest BCUT2D eigenvalue weighted by Gasteiger charge is -2.23. The van der Waals surface area contributed by atoms with Crippen molar-refractivity contribution in [3.63, 3.8) is 0 Å². The topological polar surface area (TPSA) is 29.5 Å². The average molecular weight is 164 g/mol. The zero-order valence-electron chi connectivity index (χ0n) is 6.86. The molecule has 0 saturated heterocycles. The van der Waals surface area contributed by atoms with E-state index in [1.54, 1.807) is 0 Å². The lowest BCUT2D eigenvalue weighted by Crippen LogP contribution is -2.25. The quantitative estimate of drug-likeness (QED) is 0.674. The largest absolute Gasteiger partial charge is 0.394 e. The maximum Gasteiger partial charge on any atom is 0.0850 e. The first kappa shape index (κ1) is 7.77. The van der Waals surface area contributed by atoms with E-state index in [0.717, 1.165) is 6.42 Å². The van der Waals surface area contributed by atoms with Gasteiger partial charge in [-0.25, -0.2) is 0 Å². The first-order valence-corrected chi connectivity index (χ1v) is 4.19. The number of rotatable bonds is 1. The van der Waals surface area contributed by atoms with Crippen molar-refractivity contribution >= 4 is 0 Å². The van der Waals surface area contributed by atoms with Crippen LogP contribution in [-0.2, 0) is 17.8 Å². The second-order valence-electron chi connectivity index (χ2n) is 3.09. The van der Waals surface area contributed by atoms with Crippen LogP contribution in [0.2, 0.25) is 0 Å². The zero-order chi connectivity index (χ0) is 8.39. The maximum atomic E-state index is 8.89. The van der Waals surface area contributed by atoms with Gasteiger partial charge in [0.1, 0.15) is 0 Å². The summed E-state index contributed by atoms with van der Waals surface area (Å²) in [5.74, 6) is 0. The van der Waals surface area contributed by atoms with Gasteiger partial charge in [-0.3, -0.25) is 0 Å². The number of hydrogen-bond acceptors (Lipinski definition) is 2. The Balaban J connectivity index is 2.23.